The Bertz CT molecular complexity index is 771. The molecule has 0 aliphatic heterocycles. The Morgan fingerprint density at radius 3 is 2.33 bits per heavy atom. The molecule has 0 fully saturated rings. The lowest BCUT2D eigenvalue weighted by Gasteiger charge is -2.14. The Labute approximate surface area is 143 Å². The van der Waals surface area contributed by atoms with E-state index in [0.717, 1.165) is 5.56 Å². The summed E-state index contributed by atoms with van der Waals surface area (Å²) in [5.41, 5.74) is 1.91. The van der Waals surface area contributed by atoms with Gasteiger partial charge in [-0.2, -0.15) is 0 Å². The molecule has 1 N–H and O–H groups in total. The van der Waals surface area contributed by atoms with E-state index in [9.17, 15) is 13.8 Å². The van der Waals surface area contributed by atoms with Crippen LogP contribution in [-0.2, 0) is 20.3 Å². The third kappa shape index (κ3) is 4.52. The number of hydrogen-bond donors (Lipinski definition) is 1. The van der Waals surface area contributed by atoms with E-state index in [2.05, 4.69) is 5.32 Å². The van der Waals surface area contributed by atoms with Crippen LogP contribution in [0, 0.1) is 6.92 Å². The van der Waals surface area contributed by atoms with Gasteiger partial charge < -0.3 is 10.1 Å². The molecule has 2 rings (SSSR count). The van der Waals surface area contributed by atoms with Crippen molar-refractivity contribution in [2.24, 2.45) is 0 Å². The Morgan fingerprint density at radius 2 is 1.71 bits per heavy atom. The molecule has 0 aliphatic carbocycles. The molecular weight excluding hydrogens is 326 g/mol. The molecule has 0 saturated heterocycles. The van der Waals surface area contributed by atoms with Crippen LogP contribution in [0.3, 0.4) is 0 Å². The number of aryl methyl sites for hydroxylation is 1. The summed E-state index contributed by atoms with van der Waals surface area (Å²) >= 11 is 0. The third-order valence-electron chi connectivity index (χ3n) is 3.39. The van der Waals surface area contributed by atoms with Gasteiger partial charge in [0.15, 0.2) is 6.10 Å². The summed E-state index contributed by atoms with van der Waals surface area (Å²) in [6.07, 6.45) is 0.511. The zero-order valence-electron chi connectivity index (χ0n) is 13.7. The highest BCUT2D eigenvalue weighted by atomic mass is 32.2. The summed E-state index contributed by atoms with van der Waals surface area (Å²) in [6, 6.07) is 13.8. The lowest BCUT2D eigenvalue weighted by atomic mass is 10.2. The van der Waals surface area contributed by atoms with E-state index in [4.69, 9.17) is 4.74 Å². The number of nitrogens with one attached hydrogen (secondary N) is 1. The maximum Gasteiger partial charge on any atom is 0.340 e. The molecular formula is C18H19NO4S. The highest BCUT2D eigenvalue weighted by molar-refractivity contribution is 7.84. The quantitative estimate of drug-likeness (QED) is 0.846. The van der Waals surface area contributed by atoms with E-state index >= 15 is 0 Å². The summed E-state index contributed by atoms with van der Waals surface area (Å²) in [5, 5.41) is 2.69. The van der Waals surface area contributed by atoms with Crippen molar-refractivity contribution >= 4 is 28.4 Å². The van der Waals surface area contributed by atoms with Crippen molar-refractivity contribution in [1.29, 1.82) is 0 Å². The highest BCUT2D eigenvalue weighted by Crippen LogP contribution is 2.15. The van der Waals surface area contributed by atoms with Gasteiger partial charge in [-0.25, -0.2) is 4.79 Å². The first kappa shape index (κ1) is 17.9. The fourth-order valence-corrected chi connectivity index (χ4v) is 2.78. The van der Waals surface area contributed by atoms with Gasteiger partial charge in [-0.15, -0.1) is 0 Å². The van der Waals surface area contributed by atoms with Crippen molar-refractivity contribution in [2.45, 2.75) is 24.8 Å². The van der Waals surface area contributed by atoms with Crippen molar-refractivity contribution in [3.05, 3.63) is 59.7 Å². The number of anilines is 1. The van der Waals surface area contributed by atoms with Crippen molar-refractivity contribution in [3.63, 3.8) is 0 Å². The van der Waals surface area contributed by atoms with Crippen LogP contribution in [0.15, 0.2) is 53.4 Å². The zero-order chi connectivity index (χ0) is 17.7. The highest BCUT2D eigenvalue weighted by Gasteiger charge is 2.21. The van der Waals surface area contributed by atoms with E-state index in [1.165, 1.54) is 19.2 Å². The Hall–Kier alpha value is -2.47. The largest absolute Gasteiger partial charge is 0.449 e. The van der Waals surface area contributed by atoms with Crippen LogP contribution in [-0.4, -0.2) is 28.4 Å². The molecule has 2 aromatic carbocycles. The molecule has 6 heteroatoms. The van der Waals surface area contributed by atoms with Gasteiger partial charge in [0.2, 0.25) is 0 Å². The third-order valence-corrected chi connectivity index (χ3v) is 4.36. The van der Waals surface area contributed by atoms with Gasteiger partial charge in [0.25, 0.3) is 5.91 Å². The van der Waals surface area contributed by atoms with Crippen LogP contribution >= 0.6 is 0 Å². The van der Waals surface area contributed by atoms with E-state index in [0.29, 0.717) is 10.6 Å². The Kier molecular flexibility index (Phi) is 5.87. The fraction of sp³-hybridized carbons (Fsp3) is 0.222. The lowest BCUT2D eigenvalue weighted by molar-refractivity contribution is -0.123. The predicted octanol–water partition coefficient (Wildman–Crippen LogP) is 2.92. The monoisotopic (exact) mass is 345 g/mol. The van der Waals surface area contributed by atoms with Crippen LogP contribution in [0.4, 0.5) is 5.69 Å². The van der Waals surface area contributed by atoms with E-state index < -0.39 is 28.8 Å². The van der Waals surface area contributed by atoms with Crippen molar-refractivity contribution in [3.8, 4) is 0 Å². The van der Waals surface area contributed by atoms with Crippen molar-refractivity contribution in [2.75, 3.05) is 11.6 Å². The second-order valence-corrected chi connectivity index (χ2v) is 6.70. The molecule has 0 unspecified atom stereocenters. The first-order chi connectivity index (χ1) is 11.4. The number of ether oxygens (including phenoxy) is 1. The number of benzene rings is 2. The number of amides is 1. The summed E-state index contributed by atoms with van der Waals surface area (Å²) in [5.74, 6) is -1.10. The lowest BCUT2D eigenvalue weighted by Crippen LogP contribution is -2.30. The summed E-state index contributed by atoms with van der Waals surface area (Å²) in [4.78, 5) is 24.8. The number of rotatable bonds is 5. The Balaban J connectivity index is 2.04. The minimum atomic E-state index is -1.32. The van der Waals surface area contributed by atoms with E-state index in [1.54, 1.807) is 30.3 Å². The summed E-state index contributed by atoms with van der Waals surface area (Å²) in [7, 11) is -1.32. The minimum Gasteiger partial charge on any atom is -0.449 e. The van der Waals surface area contributed by atoms with Gasteiger partial charge in [-0.05, 0) is 38.1 Å². The normalized spacial score (nSPS) is 13.0. The molecule has 126 valence electrons. The van der Waals surface area contributed by atoms with E-state index in [-0.39, 0.29) is 5.56 Å². The van der Waals surface area contributed by atoms with Crippen LogP contribution in [0.5, 0.6) is 0 Å². The molecule has 2 aromatic rings. The van der Waals surface area contributed by atoms with Gasteiger partial charge in [-0.1, -0.05) is 29.8 Å². The van der Waals surface area contributed by atoms with Crippen LogP contribution in [0.25, 0.3) is 0 Å². The van der Waals surface area contributed by atoms with Gasteiger partial charge in [0, 0.05) is 11.9 Å². The standard InChI is InChI=1S/C18H19NO4S/c1-12-8-10-14(11-9-12)19-17(20)13(2)23-18(21)15-6-4-5-7-16(15)24(3)22/h4-11,13H,1-3H3,(H,19,20)/t13-,24+/m0/s1. The number of hydrogen-bond acceptors (Lipinski definition) is 4. The maximum atomic E-state index is 12.2. The van der Waals surface area contributed by atoms with Crippen LogP contribution in [0.2, 0.25) is 0 Å². The predicted molar refractivity (Wildman–Crippen MR) is 93.5 cm³/mol. The average molecular weight is 345 g/mol. The fourth-order valence-electron chi connectivity index (χ4n) is 2.04. The van der Waals surface area contributed by atoms with Gasteiger partial charge in [0.05, 0.1) is 21.3 Å². The molecule has 24 heavy (non-hydrogen) atoms. The SMILES string of the molecule is Cc1ccc(NC(=O)[C@H](C)OC(=O)c2ccccc2[S@@](C)=O)cc1. The molecule has 0 spiro atoms. The molecule has 0 aliphatic rings. The summed E-state index contributed by atoms with van der Waals surface area (Å²) in [6.45, 7) is 3.44. The maximum absolute atomic E-state index is 12.2. The molecule has 0 aromatic heterocycles. The zero-order valence-corrected chi connectivity index (χ0v) is 14.6. The van der Waals surface area contributed by atoms with Crippen molar-refractivity contribution in [1.82, 2.24) is 0 Å². The van der Waals surface area contributed by atoms with Gasteiger partial charge >= 0.3 is 5.97 Å². The van der Waals surface area contributed by atoms with Crippen molar-refractivity contribution < 1.29 is 18.5 Å². The molecule has 0 radical (unpaired) electrons. The number of carbonyl (C=O) groups excluding carboxylic acids is 2. The molecule has 1 amide bonds. The topological polar surface area (TPSA) is 72.5 Å². The molecule has 0 heterocycles. The van der Waals surface area contributed by atoms with Crippen LogP contribution in [0.1, 0.15) is 22.8 Å². The summed E-state index contributed by atoms with van der Waals surface area (Å²) < 4.78 is 16.9. The molecule has 0 bridgehead atoms. The van der Waals surface area contributed by atoms with Gasteiger partial charge in [0.1, 0.15) is 0 Å². The second kappa shape index (κ2) is 7.88. The number of carbonyl (C=O) groups is 2. The molecule has 5 nitrogen and oxygen atoms in total. The van der Waals surface area contributed by atoms with Gasteiger partial charge in [-0.3, -0.25) is 9.00 Å². The molecule has 0 saturated carbocycles. The van der Waals surface area contributed by atoms with Crippen LogP contribution < -0.4 is 5.32 Å². The Morgan fingerprint density at radius 1 is 1.08 bits per heavy atom. The average Bonchev–Trinajstić information content (AvgIpc) is 2.56. The first-order valence-corrected chi connectivity index (χ1v) is 8.95. The number of esters is 1. The minimum absolute atomic E-state index is 0.202. The smallest absolute Gasteiger partial charge is 0.340 e. The molecule has 2 atom stereocenters. The first-order valence-electron chi connectivity index (χ1n) is 7.39. The second-order valence-electron chi connectivity index (χ2n) is 5.35. The van der Waals surface area contributed by atoms with E-state index in [1.807, 2.05) is 19.1 Å².